The van der Waals surface area contributed by atoms with Gasteiger partial charge in [0.05, 0.1) is 0 Å². The fourth-order valence-electron chi connectivity index (χ4n) is 4.22. The van der Waals surface area contributed by atoms with Crippen LogP contribution in [0.15, 0.2) is 84.9 Å². The van der Waals surface area contributed by atoms with E-state index in [1.54, 1.807) is 0 Å². The molecule has 0 aliphatic heterocycles. The lowest BCUT2D eigenvalue weighted by atomic mass is 10.1. The molecule has 4 aromatic carbocycles. The first-order valence-electron chi connectivity index (χ1n) is 11.8. The number of halogens is 1. The van der Waals surface area contributed by atoms with Gasteiger partial charge in [-0.2, -0.15) is 0 Å². The molecular weight excluding hydrogens is 426 g/mol. The second-order valence-electron chi connectivity index (χ2n) is 8.73. The SMILES string of the molecule is CN(CCCNCc1ccc2ccccc2c1)CCCNCc1ccc2ccccc2c1.Cl. The minimum atomic E-state index is 0. The zero-order chi connectivity index (χ0) is 22.0. The van der Waals surface area contributed by atoms with Crippen molar-refractivity contribution in [2.75, 3.05) is 33.2 Å². The molecule has 4 heteroatoms. The summed E-state index contributed by atoms with van der Waals surface area (Å²) < 4.78 is 0. The van der Waals surface area contributed by atoms with Gasteiger partial charge in [-0.1, -0.05) is 72.8 Å². The predicted molar refractivity (Wildman–Crippen MR) is 145 cm³/mol. The number of fused-ring (bicyclic) bond motifs is 2. The van der Waals surface area contributed by atoms with Gasteiger partial charge in [-0.15, -0.1) is 12.4 Å². The lowest BCUT2D eigenvalue weighted by molar-refractivity contribution is 0.320. The average molecular weight is 462 g/mol. The molecule has 0 atom stereocenters. The fraction of sp³-hybridized carbons (Fsp3) is 0.310. The normalized spacial score (nSPS) is 11.2. The van der Waals surface area contributed by atoms with E-state index in [1.165, 1.54) is 45.5 Å². The van der Waals surface area contributed by atoms with E-state index in [9.17, 15) is 0 Å². The van der Waals surface area contributed by atoms with E-state index >= 15 is 0 Å². The first kappa shape index (κ1) is 25.2. The zero-order valence-electron chi connectivity index (χ0n) is 19.6. The topological polar surface area (TPSA) is 27.3 Å². The fourth-order valence-corrected chi connectivity index (χ4v) is 4.22. The molecule has 0 fully saturated rings. The molecule has 0 heterocycles. The van der Waals surface area contributed by atoms with Crippen LogP contribution in [0.25, 0.3) is 21.5 Å². The van der Waals surface area contributed by atoms with Gasteiger partial charge in [0.15, 0.2) is 0 Å². The number of nitrogens with zero attached hydrogens (tertiary/aromatic N) is 1. The maximum Gasteiger partial charge on any atom is 0.0205 e. The number of rotatable bonds is 12. The molecule has 174 valence electrons. The molecule has 0 aliphatic rings. The summed E-state index contributed by atoms with van der Waals surface area (Å²) in [5, 5.41) is 12.4. The lowest BCUT2D eigenvalue weighted by Crippen LogP contribution is -2.27. The molecule has 0 aromatic heterocycles. The second kappa shape index (κ2) is 13.3. The maximum absolute atomic E-state index is 3.59. The standard InChI is InChI=1S/C29H35N3.ClH/c1-32(18-6-16-30-22-24-12-14-26-8-2-4-10-28(26)20-24)19-7-17-31-23-25-13-15-27-9-3-5-11-29(27)21-25;/h2-5,8-15,20-21,30-31H,6-7,16-19,22-23H2,1H3;1H. The smallest absolute Gasteiger partial charge is 0.0205 e. The molecule has 33 heavy (non-hydrogen) atoms. The van der Waals surface area contributed by atoms with Gasteiger partial charge in [-0.25, -0.2) is 0 Å². The van der Waals surface area contributed by atoms with Gasteiger partial charge < -0.3 is 15.5 Å². The van der Waals surface area contributed by atoms with Crippen LogP contribution in [0.2, 0.25) is 0 Å². The summed E-state index contributed by atoms with van der Waals surface area (Å²) in [7, 11) is 2.23. The van der Waals surface area contributed by atoms with Crippen LogP contribution in [0.1, 0.15) is 24.0 Å². The Bertz CT molecular complexity index is 1040. The Morgan fingerprint density at radius 1 is 0.576 bits per heavy atom. The second-order valence-corrected chi connectivity index (χ2v) is 8.73. The van der Waals surface area contributed by atoms with Crippen LogP contribution in [-0.4, -0.2) is 38.1 Å². The third-order valence-corrected chi connectivity index (χ3v) is 6.07. The van der Waals surface area contributed by atoms with Crippen LogP contribution >= 0.6 is 12.4 Å². The van der Waals surface area contributed by atoms with Crippen molar-refractivity contribution in [3.8, 4) is 0 Å². The number of nitrogens with one attached hydrogen (secondary N) is 2. The van der Waals surface area contributed by atoms with E-state index in [0.29, 0.717) is 0 Å². The van der Waals surface area contributed by atoms with Gasteiger partial charge in [0.1, 0.15) is 0 Å². The van der Waals surface area contributed by atoms with Crippen molar-refractivity contribution in [3.63, 3.8) is 0 Å². The van der Waals surface area contributed by atoms with Gasteiger partial charge in [-0.05, 0) is 90.9 Å². The van der Waals surface area contributed by atoms with Gasteiger partial charge in [-0.3, -0.25) is 0 Å². The van der Waals surface area contributed by atoms with Crippen LogP contribution in [0, 0.1) is 0 Å². The van der Waals surface area contributed by atoms with E-state index in [0.717, 1.165) is 39.3 Å². The molecule has 4 aromatic rings. The highest BCUT2D eigenvalue weighted by Crippen LogP contribution is 2.16. The van der Waals surface area contributed by atoms with E-state index in [-0.39, 0.29) is 12.4 Å². The molecule has 2 N–H and O–H groups in total. The highest BCUT2D eigenvalue weighted by atomic mass is 35.5. The number of hydrogen-bond donors (Lipinski definition) is 2. The van der Waals surface area contributed by atoms with Gasteiger partial charge >= 0.3 is 0 Å². The van der Waals surface area contributed by atoms with Crippen molar-refractivity contribution in [1.82, 2.24) is 15.5 Å². The highest BCUT2D eigenvalue weighted by molar-refractivity contribution is 5.85. The Kier molecular flexibility index (Phi) is 10.2. The number of benzene rings is 4. The summed E-state index contributed by atoms with van der Waals surface area (Å²) >= 11 is 0. The highest BCUT2D eigenvalue weighted by Gasteiger charge is 2.00. The molecule has 0 saturated carbocycles. The van der Waals surface area contributed by atoms with Crippen molar-refractivity contribution in [2.24, 2.45) is 0 Å². The Morgan fingerprint density at radius 3 is 1.45 bits per heavy atom. The van der Waals surface area contributed by atoms with E-state index < -0.39 is 0 Å². The zero-order valence-corrected chi connectivity index (χ0v) is 20.4. The van der Waals surface area contributed by atoms with Crippen LogP contribution in [-0.2, 0) is 13.1 Å². The van der Waals surface area contributed by atoms with Crippen LogP contribution in [0.3, 0.4) is 0 Å². The molecule has 4 rings (SSSR count). The summed E-state index contributed by atoms with van der Waals surface area (Å²) in [6.07, 6.45) is 2.35. The first-order chi connectivity index (χ1) is 15.8. The summed E-state index contributed by atoms with van der Waals surface area (Å²) in [5.74, 6) is 0. The molecule has 0 amide bonds. The lowest BCUT2D eigenvalue weighted by Gasteiger charge is -2.17. The summed E-state index contributed by atoms with van der Waals surface area (Å²) in [5.41, 5.74) is 2.71. The molecule has 0 saturated heterocycles. The quantitative estimate of drug-likeness (QED) is 0.253. The minimum absolute atomic E-state index is 0. The summed E-state index contributed by atoms with van der Waals surface area (Å²) in [6, 6.07) is 30.6. The van der Waals surface area contributed by atoms with Crippen molar-refractivity contribution in [3.05, 3.63) is 96.1 Å². The largest absolute Gasteiger partial charge is 0.313 e. The van der Waals surface area contributed by atoms with Gasteiger partial charge in [0.2, 0.25) is 0 Å². The third kappa shape index (κ3) is 7.83. The van der Waals surface area contributed by atoms with Crippen LogP contribution in [0.5, 0.6) is 0 Å². The number of hydrogen-bond acceptors (Lipinski definition) is 3. The van der Waals surface area contributed by atoms with Crippen molar-refractivity contribution in [1.29, 1.82) is 0 Å². The van der Waals surface area contributed by atoms with E-state index in [4.69, 9.17) is 0 Å². The Morgan fingerprint density at radius 2 is 1.00 bits per heavy atom. The molecule has 3 nitrogen and oxygen atoms in total. The predicted octanol–water partition coefficient (Wildman–Crippen LogP) is 6.01. The third-order valence-electron chi connectivity index (χ3n) is 6.07. The van der Waals surface area contributed by atoms with Crippen molar-refractivity contribution < 1.29 is 0 Å². The first-order valence-corrected chi connectivity index (χ1v) is 11.8. The molecule has 0 aliphatic carbocycles. The van der Waals surface area contributed by atoms with Gasteiger partial charge in [0.25, 0.3) is 0 Å². The van der Waals surface area contributed by atoms with Gasteiger partial charge in [0, 0.05) is 13.1 Å². The van der Waals surface area contributed by atoms with Crippen LogP contribution in [0.4, 0.5) is 0 Å². The van der Waals surface area contributed by atoms with Crippen molar-refractivity contribution in [2.45, 2.75) is 25.9 Å². The molecule has 0 unspecified atom stereocenters. The Balaban J connectivity index is 0.00000306. The molecule has 0 radical (unpaired) electrons. The summed E-state index contributed by atoms with van der Waals surface area (Å²) in [6.45, 7) is 6.25. The Hall–Kier alpha value is -2.43. The monoisotopic (exact) mass is 461 g/mol. The maximum atomic E-state index is 3.59. The van der Waals surface area contributed by atoms with Crippen LogP contribution < -0.4 is 10.6 Å². The summed E-state index contributed by atoms with van der Waals surface area (Å²) in [4.78, 5) is 2.44. The Labute approximate surface area is 204 Å². The molecule has 0 spiro atoms. The molecular formula is C29H36ClN3. The minimum Gasteiger partial charge on any atom is -0.313 e. The van der Waals surface area contributed by atoms with Crippen molar-refractivity contribution >= 4 is 34.0 Å². The van der Waals surface area contributed by atoms with E-state index in [1.807, 2.05) is 0 Å². The molecule has 0 bridgehead atoms. The average Bonchev–Trinajstić information content (AvgIpc) is 2.83. The van der Waals surface area contributed by atoms with E-state index in [2.05, 4.69) is 108 Å².